The molecule has 46 valence electrons. The van der Waals surface area contributed by atoms with E-state index in [9.17, 15) is 0 Å². The molecular formula is C5H7NOSZn. The summed E-state index contributed by atoms with van der Waals surface area (Å²) in [5, 5.41) is 0. The van der Waals surface area contributed by atoms with E-state index in [1.807, 2.05) is 24.4 Å². The maximum atomic E-state index is 4.76. The third-order valence-electron chi connectivity index (χ3n) is 0.681. The van der Waals surface area contributed by atoms with Crippen LogP contribution in [0.2, 0.25) is 0 Å². The van der Waals surface area contributed by atoms with Crippen LogP contribution in [0.25, 0.3) is 0 Å². The van der Waals surface area contributed by atoms with Gasteiger partial charge in [0.25, 0.3) is 0 Å². The van der Waals surface area contributed by atoms with Crippen molar-refractivity contribution < 1.29 is 25.0 Å². The van der Waals surface area contributed by atoms with Crippen LogP contribution in [0.15, 0.2) is 24.4 Å². The van der Waals surface area contributed by atoms with Gasteiger partial charge in [0.2, 0.25) is 0 Å². The predicted octanol–water partition coefficient (Wildman–Crippen LogP) is 0.917. The van der Waals surface area contributed by atoms with Gasteiger partial charge in [0.05, 0.1) is 0 Å². The fraction of sp³-hybridized carbons (Fsp3) is 0. The van der Waals surface area contributed by atoms with Crippen LogP contribution in [0.3, 0.4) is 0 Å². The summed E-state index contributed by atoms with van der Waals surface area (Å²) in [5.74, 6) is 0. The molecule has 0 aliphatic carbocycles. The average molecular weight is 195 g/mol. The van der Waals surface area contributed by atoms with E-state index < -0.39 is 0 Å². The minimum atomic E-state index is 0. The summed E-state index contributed by atoms with van der Waals surface area (Å²) >= 11 is 4.76. The number of nitrogens with one attached hydrogen (secondary N) is 1. The van der Waals surface area contributed by atoms with Crippen molar-refractivity contribution in [1.82, 2.24) is 4.98 Å². The van der Waals surface area contributed by atoms with E-state index in [2.05, 4.69) is 4.98 Å². The van der Waals surface area contributed by atoms with Crippen molar-refractivity contribution in [3.8, 4) is 0 Å². The van der Waals surface area contributed by atoms with Crippen molar-refractivity contribution in [2.45, 2.75) is 0 Å². The number of H-pyrrole nitrogens is 1. The number of hydrogen-bond donors (Lipinski definition) is 1. The third-order valence-corrected chi connectivity index (χ3v) is 0.934. The van der Waals surface area contributed by atoms with Crippen molar-refractivity contribution in [3.05, 3.63) is 29.0 Å². The molecule has 0 aliphatic rings. The zero-order valence-electron chi connectivity index (χ0n) is 4.92. The van der Waals surface area contributed by atoms with Gasteiger partial charge in [0.15, 0.2) is 0 Å². The first kappa shape index (κ1) is 11.7. The summed E-state index contributed by atoms with van der Waals surface area (Å²) in [7, 11) is 0. The van der Waals surface area contributed by atoms with Gasteiger partial charge in [0.1, 0.15) is 4.64 Å². The van der Waals surface area contributed by atoms with E-state index >= 15 is 0 Å². The second-order valence-electron chi connectivity index (χ2n) is 1.23. The van der Waals surface area contributed by atoms with Gasteiger partial charge < -0.3 is 10.5 Å². The minimum Gasteiger partial charge on any atom is -0.412 e. The summed E-state index contributed by atoms with van der Waals surface area (Å²) in [6.45, 7) is 0. The standard InChI is InChI=1S/C5H5NS.H2O.Zn/c7-5-3-1-2-4-6-5;;/h1-4H,(H,6,7);1H2;. The molecule has 2 nitrogen and oxygen atoms in total. The molecule has 9 heavy (non-hydrogen) atoms. The Morgan fingerprint density at radius 1 is 1.33 bits per heavy atom. The molecule has 1 aromatic heterocycles. The van der Waals surface area contributed by atoms with Crippen LogP contribution in [0.1, 0.15) is 0 Å². The van der Waals surface area contributed by atoms with Crippen molar-refractivity contribution >= 4 is 12.2 Å². The molecule has 0 unspecified atom stereocenters. The van der Waals surface area contributed by atoms with Gasteiger partial charge in [-0.1, -0.05) is 18.3 Å². The number of pyridine rings is 1. The minimum absolute atomic E-state index is 0. The fourth-order valence-electron chi connectivity index (χ4n) is 0.377. The molecule has 0 spiro atoms. The molecule has 1 aromatic rings. The first-order valence-electron chi connectivity index (χ1n) is 2.03. The normalized spacial score (nSPS) is 6.67. The van der Waals surface area contributed by atoms with Crippen LogP contribution in [-0.2, 0) is 19.5 Å². The summed E-state index contributed by atoms with van der Waals surface area (Å²) < 4.78 is 0.780. The number of aromatic nitrogens is 1. The number of rotatable bonds is 0. The van der Waals surface area contributed by atoms with Gasteiger partial charge in [-0.15, -0.1) is 0 Å². The van der Waals surface area contributed by atoms with Crippen LogP contribution in [0, 0.1) is 4.64 Å². The maximum Gasteiger partial charge on any atom is 0.103 e. The van der Waals surface area contributed by atoms with E-state index in [4.69, 9.17) is 12.2 Å². The molecule has 4 heteroatoms. The Hall–Kier alpha value is -0.0466. The Morgan fingerprint density at radius 2 is 2.00 bits per heavy atom. The van der Waals surface area contributed by atoms with Crippen molar-refractivity contribution in [2.24, 2.45) is 0 Å². The number of aromatic amines is 1. The molecule has 3 N–H and O–H groups in total. The molecule has 1 rings (SSSR count). The number of hydrogen-bond acceptors (Lipinski definition) is 1. The molecule has 0 fully saturated rings. The van der Waals surface area contributed by atoms with Crippen LogP contribution in [0.4, 0.5) is 0 Å². The second-order valence-corrected chi connectivity index (χ2v) is 1.67. The van der Waals surface area contributed by atoms with Gasteiger partial charge in [-0.25, -0.2) is 0 Å². The van der Waals surface area contributed by atoms with E-state index in [-0.39, 0.29) is 25.0 Å². The zero-order valence-corrected chi connectivity index (χ0v) is 8.71. The Kier molecular flexibility index (Phi) is 7.91. The SMILES string of the molecule is O.S=c1cccc[nH]1.[Zn]. The smallest absolute Gasteiger partial charge is 0.103 e. The van der Waals surface area contributed by atoms with Gasteiger partial charge in [-0.3, -0.25) is 0 Å². The van der Waals surface area contributed by atoms with Crippen molar-refractivity contribution in [1.29, 1.82) is 0 Å². The van der Waals surface area contributed by atoms with Crippen LogP contribution in [0.5, 0.6) is 0 Å². The third kappa shape index (κ3) is 4.46. The summed E-state index contributed by atoms with van der Waals surface area (Å²) in [6, 6.07) is 5.64. The molecule has 0 aliphatic heterocycles. The summed E-state index contributed by atoms with van der Waals surface area (Å²) in [4.78, 5) is 2.85. The molecule has 0 radical (unpaired) electrons. The molecular weight excluding hydrogens is 188 g/mol. The average Bonchev–Trinajstić information content (AvgIpc) is 1.69. The van der Waals surface area contributed by atoms with Crippen LogP contribution < -0.4 is 0 Å². The Morgan fingerprint density at radius 3 is 2.22 bits per heavy atom. The van der Waals surface area contributed by atoms with Crippen molar-refractivity contribution in [3.63, 3.8) is 0 Å². The maximum absolute atomic E-state index is 4.76. The quantitative estimate of drug-likeness (QED) is 0.485. The van der Waals surface area contributed by atoms with Crippen LogP contribution >= 0.6 is 12.2 Å². The van der Waals surface area contributed by atoms with E-state index in [1.54, 1.807) is 0 Å². The molecule has 0 bridgehead atoms. The van der Waals surface area contributed by atoms with Gasteiger partial charge in [-0.05, 0) is 12.1 Å². The fourth-order valence-corrected chi connectivity index (χ4v) is 0.523. The summed E-state index contributed by atoms with van der Waals surface area (Å²) in [5.41, 5.74) is 0. The monoisotopic (exact) mass is 193 g/mol. The van der Waals surface area contributed by atoms with E-state index in [1.165, 1.54) is 0 Å². The van der Waals surface area contributed by atoms with E-state index in [0.717, 1.165) is 4.64 Å². The molecule has 0 atom stereocenters. The Balaban J connectivity index is 0. The predicted molar refractivity (Wildman–Crippen MR) is 35.2 cm³/mol. The van der Waals surface area contributed by atoms with Gasteiger partial charge >= 0.3 is 0 Å². The molecule has 0 aromatic carbocycles. The molecule has 0 saturated heterocycles. The largest absolute Gasteiger partial charge is 0.412 e. The first-order valence-corrected chi connectivity index (χ1v) is 2.44. The van der Waals surface area contributed by atoms with Crippen LogP contribution in [-0.4, -0.2) is 10.5 Å². The Labute approximate surface area is 71.4 Å². The molecule has 0 amide bonds. The zero-order chi connectivity index (χ0) is 5.11. The summed E-state index contributed by atoms with van der Waals surface area (Å²) in [6.07, 6.45) is 1.81. The second kappa shape index (κ2) is 6.08. The van der Waals surface area contributed by atoms with E-state index in [0.29, 0.717) is 0 Å². The van der Waals surface area contributed by atoms with Gasteiger partial charge in [0, 0.05) is 25.7 Å². The topological polar surface area (TPSA) is 47.3 Å². The molecule has 1 heterocycles. The van der Waals surface area contributed by atoms with Gasteiger partial charge in [-0.2, -0.15) is 0 Å². The molecule has 0 saturated carbocycles. The first-order chi connectivity index (χ1) is 3.39. The Bertz CT molecular complexity index is 183. The van der Waals surface area contributed by atoms with Crippen molar-refractivity contribution in [2.75, 3.05) is 0 Å².